The predicted octanol–water partition coefficient (Wildman–Crippen LogP) is 2.58. The Labute approximate surface area is 155 Å². The monoisotopic (exact) mass is 384 g/mol. The van der Waals surface area contributed by atoms with Gasteiger partial charge in [-0.05, 0) is 63.1 Å². The van der Waals surface area contributed by atoms with Gasteiger partial charge in [0.05, 0.1) is 6.61 Å². The van der Waals surface area contributed by atoms with Crippen molar-refractivity contribution in [2.75, 3.05) is 37.7 Å². The third-order valence-electron chi connectivity index (χ3n) is 5.07. The Balaban J connectivity index is 1.53. The molecule has 1 aromatic carbocycles. The highest BCUT2D eigenvalue weighted by atomic mass is 32.2. The molecule has 0 aliphatic carbocycles. The molecule has 7 heteroatoms. The summed E-state index contributed by atoms with van der Waals surface area (Å²) in [7, 11) is -3.53. The largest absolute Gasteiger partial charge is 0.492 e. The number of para-hydroxylation sites is 1. The molecule has 5 nitrogen and oxygen atoms in total. The molecule has 1 atom stereocenters. The van der Waals surface area contributed by atoms with Crippen LogP contribution in [0.3, 0.4) is 0 Å². The van der Waals surface area contributed by atoms with Gasteiger partial charge in [0.25, 0.3) is 0 Å². The van der Waals surface area contributed by atoms with Gasteiger partial charge in [-0.15, -0.1) is 0 Å². The van der Waals surface area contributed by atoms with Gasteiger partial charge in [0, 0.05) is 18.3 Å². The highest BCUT2D eigenvalue weighted by Gasteiger charge is 2.28. The molecule has 3 rings (SSSR count). The lowest BCUT2D eigenvalue weighted by Gasteiger charge is -2.35. The smallest absolute Gasteiger partial charge is 0.244 e. The summed E-state index contributed by atoms with van der Waals surface area (Å²) in [6.45, 7) is 4.99. The maximum Gasteiger partial charge on any atom is 0.244 e. The average molecular weight is 385 g/mol. The normalized spacial score (nSPS) is 23.0. The Kier molecular flexibility index (Phi) is 6.66. The average Bonchev–Trinajstić information content (AvgIpc) is 3.16. The number of likely N-dealkylation sites (tertiary alicyclic amines) is 1. The van der Waals surface area contributed by atoms with Gasteiger partial charge in [-0.1, -0.05) is 12.1 Å². The fourth-order valence-corrected chi connectivity index (χ4v) is 6.10. The molecule has 0 unspecified atom stereocenters. The molecule has 25 heavy (non-hydrogen) atoms. The Hall–Kier alpha value is -0.760. The van der Waals surface area contributed by atoms with E-state index >= 15 is 0 Å². The van der Waals surface area contributed by atoms with Crippen LogP contribution in [0.2, 0.25) is 0 Å². The zero-order valence-electron chi connectivity index (χ0n) is 14.8. The molecule has 140 valence electrons. The maximum absolute atomic E-state index is 12.6. The highest BCUT2D eigenvalue weighted by Crippen LogP contribution is 2.27. The van der Waals surface area contributed by atoms with Crippen LogP contribution in [0.5, 0.6) is 5.75 Å². The third kappa shape index (κ3) is 4.90. The SMILES string of the molecule is CCOc1ccccc1S(=O)(=O)NCC1CCN([C@@H]2CCSC2)CC1. The molecule has 1 aromatic rings. The molecule has 0 bridgehead atoms. The van der Waals surface area contributed by atoms with Crippen LogP contribution in [0.15, 0.2) is 29.2 Å². The van der Waals surface area contributed by atoms with Crippen molar-refractivity contribution < 1.29 is 13.2 Å². The quantitative estimate of drug-likeness (QED) is 0.783. The molecular formula is C18H28N2O3S2. The molecule has 2 fully saturated rings. The summed E-state index contributed by atoms with van der Waals surface area (Å²) in [4.78, 5) is 2.83. The number of nitrogens with one attached hydrogen (secondary N) is 1. The molecule has 2 aliphatic heterocycles. The van der Waals surface area contributed by atoms with E-state index in [2.05, 4.69) is 9.62 Å². The van der Waals surface area contributed by atoms with E-state index in [0.29, 0.717) is 24.8 Å². The van der Waals surface area contributed by atoms with Crippen molar-refractivity contribution in [3.05, 3.63) is 24.3 Å². The van der Waals surface area contributed by atoms with Crippen LogP contribution in [-0.4, -0.2) is 57.1 Å². The molecule has 0 aromatic heterocycles. The van der Waals surface area contributed by atoms with E-state index in [1.807, 2.05) is 18.7 Å². The van der Waals surface area contributed by atoms with Crippen molar-refractivity contribution in [3.63, 3.8) is 0 Å². The van der Waals surface area contributed by atoms with E-state index in [1.165, 1.54) is 17.9 Å². The lowest BCUT2D eigenvalue weighted by atomic mass is 9.96. The van der Waals surface area contributed by atoms with Crippen LogP contribution < -0.4 is 9.46 Å². The first kappa shape index (κ1) is 19.0. The molecule has 0 saturated carbocycles. The van der Waals surface area contributed by atoms with E-state index in [-0.39, 0.29) is 4.90 Å². The molecule has 1 N–H and O–H groups in total. The standard InChI is InChI=1S/C18H28N2O3S2/c1-2-23-17-5-3-4-6-18(17)25(21,22)19-13-15-7-10-20(11-8-15)16-9-12-24-14-16/h3-6,15-16,19H,2,7-14H2,1H3/t16-/m1/s1. The van der Waals surface area contributed by atoms with Gasteiger partial charge >= 0.3 is 0 Å². The molecule has 0 spiro atoms. The number of thioether (sulfide) groups is 1. The molecule has 0 radical (unpaired) electrons. The van der Waals surface area contributed by atoms with Crippen LogP contribution in [0.4, 0.5) is 0 Å². The van der Waals surface area contributed by atoms with E-state index < -0.39 is 10.0 Å². The summed E-state index contributed by atoms with van der Waals surface area (Å²) in [6.07, 6.45) is 3.43. The topological polar surface area (TPSA) is 58.6 Å². The van der Waals surface area contributed by atoms with E-state index in [4.69, 9.17) is 4.74 Å². The summed E-state index contributed by atoms with van der Waals surface area (Å²) in [5.74, 6) is 3.38. The minimum atomic E-state index is -3.53. The van der Waals surface area contributed by atoms with Crippen LogP contribution >= 0.6 is 11.8 Å². The lowest BCUT2D eigenvalue weighted by Crippen LogP contribution is -2.43. The van der Waals surface area contributed by atoms with Crippen molar-refractivity contribution >= 4 is 21.8 Å². The first-order chi connectivity index (χ1) is 12.1. The number of nitrogens with zero attached hydrogens (tertiary/aromatic N) is 1. The van der Waals surface area contributed by atoms with Gasteiger partial charge in [-0.3, -0.25) is 4.90 Å². The number of piperidine rings is 1. The summed E-state index contributed by atoms with van der Waals surface area (Å²) >= 11 is 2.05. The predicted molar refractivity (Wildman–Crippen MR) is 103 cm³/mol. The van der Waals surface area contributed by atoms with E-state index in [9.17, 15) is 8.42 Å². The Morgan fingerprint density at radius 2 is 2.00 bits per heavy atom. The van der Waals surface area contributed by atoms with Crippen molar-refractivity contribution in [3.8, 4) is 5.75 Å². The van der Waals surface area contributed by atoms with Crippen LogP contribution in [0.1, 0.15) is 26.2 Å². The molecule has 2 heterocycles. The first-order valence-electron chi connectivity index (χ1n) is 9.13. The van der Waals surface area contributed by atoms with Crippen LogP contribution in [0, 0.1) is 5.92 Å². The second-order valence-corrected chi connectivity index (χ2v) is 9.61. The van der Waals surface area contributed by atoms with Crippen molar-refractivity contribution in [2.45, 2.75) is 37.1 Å². The number of ether oxygens (including phenoxy) is 1. The van der Waals surface area contributed by atoms with Gasteiger partial charge in [0.2, 0.25) is 10.0 Å². The fourth-order valence-electron chi connectivity index (χ4n) is 3.58. The molecular weight excluding hydrogens is 356 g/mol. The highest BCUT2D eigenvalue weighted by molar-refractivity contribution is 7.99. The van der Waals surface area contributed by atoms with Crippen molar-refractivity contribution in [1.82, 2.24) is 9.62 Å². The summed E-state index contributed by atoms with van der Waals surface area (Å²) in [5.41, 5.74) is 0. The van der Waals surface area contributed by atoms with E-state index in [1.54, 1.807) is 24.3 Å². The first-order valence-corrected chi connectivity index (χ1v) is 11.8. The second-order valence-electron chi connectivity index (χ2n) is 6.73. The van der Waals surface area contributed by atoms with Crippen molar-refractivity contribution in [1.29, 1.82) is 0 Å². The second kappa shape index (κ2) is 8.75. The zero-order chi connectivity index (χ0) is 17.7. The van der Waals surface area contributed by atoms with Crippen molar-refractivity contribution in [2.24, 2.45) is 5.92 Å². The lowest BCUT2D eigenvalue weighted by molar-refractivity contribution is 0.145. The number of rotatable bonds is 7. The number of hydrogen-bond acceptors (Lipinski definition) is 5. The minimum absolute atomic E-state index is 0.234. The summed E-state index contributed by atoms with van der Waals surface area (Å²) < 4.78 is 33.5. The summed E-state index contributed by atoms with van der Waals surface area (Å²) in [5, 5.41) is 0. The zero-order valence-corrected chi connectivity index (χ0v) is 16.4. The molecule has 0 amide bonds. The van der Waals surface area contributed by atoms with Gasteiger partial charge in [-0.2, -0.15) is 11.8 Å². The number of sulfonamides is 1. The van der Waals surface area contributed by atoms with E-state index in [0.717, 1.165) is 32.0 Å². The van der Waals surface area contributed by atoms with Gasteiger partial charge in [0.15, 0.2) is 0 Å². The van der Waals surface area contributed by atoms with Gasteiger partial charge in [0.1, 0.15) is 10.6 Å². The fraction of sp³-hybridized carbons (Fsp3) is 0.667. The maximum atomic E-state index is 12.6. The van der Waals surface area contributed by atoms with Crippen LogP contribution in [-0.2, 0) is 10.0 Å². The Bertz CT molecular complexity index is 652. The van der Waals surface area contributed by atoms with Gasteiger partial charge < -0.3 is 4.74 Å². The third-order valence-corrected chi connectivity index (χ3v) is 7.68. The summed E-state index contributed by atoms with van der Waals surface area (Å²) in [6, 6.07) is 7.57. The molecule has 2 aliphatic rings. The number of benzene rings is 1. The Morgan fingerprint density at radius 1 is 1.24 bits per heavy atom. The van der Waals surface area contributed by atoms with Crippen LogP contribution in [0.25, 0.3) is 0 Å². The van der Waals surface area contributed by atoms with Gasteiger partial charge in [-0.25, -0.2) is 13.1 Å². The number of hydrogen-bond donors (Lipinski definition) is 1. The molecule has 2 saturated heterocycles. The minimum Gasteiger partial charge on any atom is -0.492 e. The Morgan fingerprint density at radius 3 is 2.68 bits per heavy atom.